The Morgan fingerprint density at radius 2 is 2.05 bits per heavy atom. The van der Waals surface area contributed by atoms with E-state index in [1.165, 1.54) is 11.3 Å². The van der Waals surface area contributed by atoms with Crippen molar-refractivity contribution in [1.29, 1.82) is 0 Å². The maximum atomic E-state index is 5.98. The quantitative estimate of drug-likeness (QED) is 0.796. The molecule has 0 spiro atoms. The molecule has 102 valence electrons. The summed E-state index contributed by atoms with van der Waals surface area (Å²) in [6.45, 7) is 1.96. The Morgan fingerprint density at radius 3 is 2.70 bits per heavy atom. The molecule has 4 nitrogen and oxygen atoms in total. The van der Waals surface area contributed by atoms with Crippen LogP contribution in [-0.2, 0) is 6.42 Å². The number of anilines is 1. The third-order valence-electron chi connectivity index (χ3n) is 2.96. The van der Waals surface area contributed by atoms with Gasteiger partial charge >= 0.3 is 0 Å². The first-order valence-electron chi connectivity index (χ1n) is 6.04. The number of benzene rings is 1. The Kier molecular flexibility index (Phi) is 3.46. The molecule has 2 N–H and O–H groups in total. The molecule has 0 radical (unpaired) electrons. The van der Waals surface area contributed by atoms with Crippen LogP contribution in [-0.4, -0.2) is 10.1 Å². The van der Waals surface area contributed by atoms with E-state index in [0.29, 0.717) is 28.8 Å². The summed E-state index contributed by atoms with van der Waals surface area (Å²) in [4.78, 5) is 5.22. The number of rotatable bonds is 3. The molecule has 0 bridgehead atoms. The maximum Gasteiger partial charge on any atom is 0.270 e. The van der Waals surface area contributed by atoms with Crippen molar-refractivity contribution in [3.05, 3.63) is 51.6 Å². The number of nitrogens with zero attached hydrogens (tertiary/aromatic N) is 2. The van der Waals surface area contributed by atoms with Gasteiger partial charge in [-0.2, -0.15) is 4.98 Å². The Hall–Kier alpha value is -1.85. The van der Waals surface area contributed by atoms with E-state index in [1.54, 1.807) is 0 Å². The summed E-state index contributed by atoms with van der Waals surface area (Å²) in [7, 11) is 0. The van der Waals surface area contributed by atoms with Gasteiger partial charge in [0.1, 0.15) is 4.88 Å². The molecule has 0 saturated heterocycles. The van der Waals surface area contributed by atoms with Gasteiger partial charge in [0.15, 0.2) is 5.82 Å². The highest BCUT2D eigenvalue weighted by Gasteiger charge is 2.15. The lowest BCUT2D eigenvalue weighted by molar-refractivity contribution is 0.425. The number of aromatic nitrogens is 2. The molecule has 0 aliphatic heterocycles. The standard InChI is InChI=1S/C14H12ClN3OS/c1-8-7-20-13(12(8)16)14-17-11(18-19-14)6-9-2-4-10(15)5-3-9/h2-5,7H,6,16H2,1H3. The molecule has 2 aromatic heterocycles. The minimum Gasteiger partial charge on any atom is -0.397 e. The first kappa shape index (κ1) is 13.1. The molecule has 0 atom stereocenters. The third-order valence-corrected chi connectivity index (χ3v) is 4.31. The molecule has 6 heteroatoms. The number of halogens is 1. The van der Waals surface area contributed by atoms with Gasteiger partial charge in [0.25, 0.3) is 5.89 Å². The van der Waals surface area contributed by atoms with Crippen molar-refractivity contribution in [2.24, 2.45) is 0 Å². The lowest BCUT2D eigenvalue weighted by atomic mass is 10.1. The molecule has 2 heterocycles. The van der Waals surface area contributed by atoms with Crippen molar-refractivity contribution in [3.63, 3.8) is 0 Å². The Balaban J connectivity index is 1.83. The van der Waals surface area contributed by atoms with Crippen LogP contribution in [0.2, 0.25) is 5.02 Å². The summed E-state index contributed by atoms with van der Waals surface area (Å²) in [6, 6.07) is 7.58. The molecule has 20 heavy (non-hydrogen) atoms. The molecular formula is C14H12ClN3OS. The van der Waals surface area contributed by atoms with Gasteiger partial charge in [-0.05, 0) is 35.6 Å². The monoisotopic (exact) mass is 305 g/mol. The van der Waals surface area contributed by atoms with E-state index >= 15 is 0 Å². The molecule has 3 aromatic rings. The number of thiophene rings is 1. The van der Waals surface area contributed by atoms with Crippen LogP contribution < -0.4 is 5.73 Å². The zero-order chi connectivity index (χ0) is 14.1. The highest BCUT2D eigenvalue weighted by molar-refractivity contribution is 7.14. The predicted octanol–water partition coefficient (Wildman–Crippen LogP) is 3.93. The number of aryl methyl sites for hydroxylation is 1. The van der Waals surface area contributed by atoms with Crippen LogP contribution in [0.3, 0.4) is 0 Å². The smallest absolute Gasteiger partial charge is 0.270 e. The van der Waals surface area contributed by atoms with Gasteiger partial charge in [-0.1, -0.05) is 28.9 Å². The number of nitrogens with two attached hydrogens (primary N) is 1. The lowest BCUT2D eigenvalue weighted by Gasteiger charge is -1.96. The van der Waals surface area contributed by atoms with Crippen molar-refractivity contribution >= 4 is 28.6 Å². The number of hydrogen-bond acceptors (Lipinski definition) is 5. The van der Waals surface area contributed by atoms with E-state index in [-0.39, 0.29) is 0 Å². The van der Waals surface area contributed by atoms with Gasteiger partial charge in [0, 0.05) is 11.4 Å². The Labute approximate surface area is 125 Å². The lowest BCUT2D eigenvalue weighted by Crippen LogP contribution is -1.91. The third kappa shape index (κ3) is 2.55. The molecule has 0 unspecified atom stereocenters. The summed E-state index contributed by atoms with van der Waals surface area (Å²) in [5.41, 5.74) is 8.80. The van der Waals surface area contributed by atoms with Gasteiger partial charge < -0.3 is 10.3 Å². The fourth-order valence-corrected chi connectivity index (χ4v) is 2.84. The van der Waals surface area contributed by atoms with E-state index < -0.39 is 0 Å². The average molecular weight is 306 g/mol. The topological polar surface area (TPSA) is 64.9 Å². The maximum absolute atomic E-state index is 5.98. The van der Waals surface area contributed by atoms with E-state index in [4.69, 9.17) is 21.9 Å². The van der Waals surface area contributed by atoms with E-state index in [2.05, 4.69) is 10.1 Å². The highest BCUT2D eigenvalue weighted by Crippen LogP contribution is 2.33. The second-order valence-electron chi connectivity index (χ2n) is 4.48. The van der Waals surface area contributed by atoms with Crippen molar-refractivity contribution in [1.82, 2.24) is 10.1 Å². The zero-order valence-corrected chi connectivity index (χ0v) is 12.3. The van der Waals surface area contributed by atoms with Crippen molar-refractivity contribution in [2.45, 2.75) is 13.3 Å². The second kappa shape index (κ2) is 5.26. The van der Waals surface area contributed by atoms with Gasteiger partial charge in [0.2, 0.25) is 0 Å². The number of hydrogen-bond donors (Lipinski definition) is 1. The van der Waals surface area contributed by atoms with Gasteiger partial charge in [-0.15, -0.1) is 11.3 Å². The molecule has 3 rings (SSSR count). The van der Waals surface area contributed by atoms with Crippen molar-refractivity contribution < 1.29 is 4.52 Å². The molecular weight excluding hydrogens is 294 g/mol. The second-order valence-corrected chi connectivity index (χ2v) is 5.80. The SMILES string of the molecule is Cc1csc(-c2nc(Cc3ccc(Cl)cc3)no2)c1N. The first-order chi connectivity index (χ1) is 9.63. The summed E-state index contributed by atoms with van der Waals surface area (Å²) < 4.78 is 5.28. The van der Waals surface area contributed by atoms with Crippen LogP contribution in [0.4, 0.5) is 5.69 Å². The van der Waals surface area contributed by atoms with E-state index in [9.17, 15) is 0 Å². The fourth-order valence-electron chi connectivity index (χ4n) is 1.82. The molecule has 0 aliphatic carbocycles. The highest BCUT2D eigenvalue weighted by atomic mass is 35.5. The van der Waals surface area contributed by atoms with E-state index in [1.807, 2.05) is 36.6 Å². The Bertz CT molecular complexity index is 733. The van der Waals surface area contributed by atoms with Crippen LogP contribution in [0.1, 0.15) is 17.0 Å². The van der Waals surface area contributed by atoms with Crippen LogP contribution in [0, 0.1) is 6.92 Å². The molecule has 0 fully saturated rings. The summed E-state index contributed by atoms with van der Waals surface area (Å²) in [6.07, 6.45) is 0.602. The normalized spacial score (nSPS) is 10.9. The van der Waals surface area contributed by atoms with Crippen LogP contribution in [0.25, 0.3) is 10.8 Å². The summed E-state index contributed by atoms with van der Waals surface area (Å²) in [5, 5.41) is 6.68. The summed E-state index contributed by atoms with van der Waals surface area (Å²) in [5.74, 6) is 1.11. The first-order valence-corrected chi connectivity index (χ1v) is 7.30. The zero-order valence-electron chi connectivity index (χ0n) is 10.8. The van der Waals surface area contributed by atoms with Gasteiger partial charge in [0.05, 0.1) is 5.69 Å². The Morgan fingerprint density at radius 1 is 1.30 bits per heavy atom. The molecule has 0 aliphatic rings. The van der Waals surface area contributed by atoms with Crippen LogP contribution in [0.5, 0.6) is 0 Å². The minimum atomic E-state index is 0.476. The average Bonchev–Trinajstić information content (AvgIpc) is 3.01. The largest absolute Gasteiger partial charge is 0.397 e. The van der Waals surface area contributed by atoms with E-state index in [0.717, 1.165) is 16.0 Å². The van der Waals surface area contributed by atoms with Crippen molar-refractivity contribution in [2.75, 3.05) is 5.73 Å². The van der Waals surface area contributed by atoms with Crippen molar-refractivity contribution in [3.8, 4) is 10.8 Å². The minimum absolute atomic E-state index is 0.476. The molecule has 0 amide bonds. The van der Waals surface area contributed by atoms with Crippen LogP contribution >= 0.6 is 22.9 Å². The fraction of sp³-hybridized carbons (Fsp3) is 0.143. The van der Waals surface area contributed by atoms with Gasteiger partial charge in [-0.3, -0.25) is 0 Å². The van der Waals surface area contributed by atoms with Crippen LogP contribution in [0.15, 0.2) is 34.2 Å². The summed E-state index contributed by atoms with van der Waals surface area (Å²) >= 11 is 7.37. The molecule has 0 saturated carbocycles. The predicted molar refractivity (Wildman–Crippen MR) is 81.0 cm³/mol. The number of nitrogen functional groups attached to an aromatic ring is 1. The molecule has 1 aromatic carbocycles. The van der Waals surface area contributed by atoms with Gasteiger partial charge in [-0.25, -0.2) is 0 Å².